The van der Waals surface area contributed by atoms with E-state index >= 15 is 0 Å². The molecule has 0 spiro atoms. The summed E-state index contributed by atoms with van der Waals surface area (Å²) >= 11 is 0. The molecule has 0 heterocycles. The average molecular weight is 344 g/mol. The highest BCUT2D eigenvalue weighted by Crippen LogP contribution is 2.40. The molecule has 0 saturated heterocycles. The molecule has 136 valence electrons. The van der Waals surface area contributed by atoms with E-state index in [0.717, 1.165) is 25.7 Å². The third-order valence-electron chi connectivity index (χ3n) is 5.77. The molecule has 1 amide bonds. The second-order valence-electron chi connectivity index (χ2n) is 7.55. The van der Waals surface area contributed by atoms with Crippen molar-refractivity contribution in [2.75, 3.05) is 13.1 Å². The molecule has 1 atom stereocenters. The van der Waals surface area contributed by atoms with Crippen molar-refractivity contribution in [3.63, 3.8) is 0 Å². The van der Waals surface area contributed by atoms with E-state index in [1.165, 1.54) is 18.4 Å². The predicted octanol–water partition coefficient (Wildman–Crippen LogP) is 2.55. The number of rotatable bonds is 8. The van der Waals surface area contributed by atoms with Gasteiger partial charge >= 0.3 is 5.97 Å². The number of hydrogen-bond donors (Lipinski definition) is 2. The van der Waals surface area contributed by atoms with Crippen molar-refractivity contribution in [1.29, 1.82) is 0 Å². The number of carbonyl (C=O) groups is 2. The third-order valence-corrected chi connectivity index (χ3v) is 5.77. The van der Waals surface area contributed by atoms with Gasteiger partial charge in [0.05, 0.1) is 6.54 Å². The Bertz CT molecular complexity index is 607. The molecule has 1 aromatic carbocycles. The van der Waals surface area contributed by atoms with Crippen LogP contribution in [0.25, 0.3) is 0 Å². The van der Waals surface area contributed by atoms with Crippen LogP contribution in [0.5, 0.6) is 0 Å². The normalized spacial score (nSPS) is 20.4. The molecular formula is C20H28N2O3. The van der Waals surface area contributed by atoms with Crippen molar-refractivity contribution in [2.24, 2.45) is 0 Å². The van der Waals surface area contributed by atoms with Crippen molar-refractivity contribution in [1.82, 2.24) is 10.2 Å². The van der Waals surface area contributed by atoms with Gasteiger partial charge in [0.15, 0.2) is 0 Å². The second kappa shape index (κ2) is 7.56. The molecule has 2 aliphatic rings. The van der Waals surface area contributed by atoms with E-state index in [0.29, 0.717) is 6.54 Å². The molecule has 1 unspecified atom stereocenters. The van der Waals surface area contributed by atoms with Gasteiger partial charge in [-0.15, -0.1) is 0 Å². The summed E-state index contributed by atoms with van der Waals surface area (Å²) in [5.41, 5.74) is 1.32. The zero-order chi connectivity index (χ0) is 17.9. The van der Waals surface area contributed by atoms with Crippen molar-refractivity contribution in [2.45, 2.75) is 62.9 Å². The Morgan fingerprint density at radius 1 is 1.24 bits per heavy atom. The Kier molecular flexibility index (Phi) is 5.42. The lowest BCUT2D eigenvalue weighted by Gasteiger charge is -2.31. The zero-order valence-corrected chi connectivity index (χ0v) is 14.9. The highest BCUT2D eigenvalue weighted by molar-refractivity contribution is 5.80. The number of carboxylic acid groups (broad SMARTS) is 1. The van der Waals surface area contributed by atoms with Gasteiger partial charge in [0.25, 0.3) is 0 Å². The monoisotopic (exact) mass is 344 g/mol. The Morgan fingerprint density at radius 2 is 1.88 bits per heavy atom. The summed E-state index contributed by atoms with van der Waals surface area (Å²) in [6.45, 7) is 2.47. The average Bonchev–Trinajstić information content (AvgIpc) is 3.35. The van der Waals surface area contributed by atoms with Gasteiger partial charge in [0.1, 0.15) is 6.04 Å². The number of aliphatic carboxylic acids is 1. The largest absolute Gasteiger partial charge is 0.480 e. The first-order chi connectivity index (χ1) is 12.0. The molecule has 5 heteroatoms. The first kappa shape index (κ1) is 17.9. The Balaban J connectivity index is 1.61. The molecule has 3 rings (SSSR count). The quantitative estimate of drug-likeness (QED) is 0.760. The van der Waals surface area contributed by atoms with Gasteiger partial charge in [0, 0.05) is 18.0 Å². The molecule has 5 nitrogen and oxygen atoms in total. The van der Waals surface area contributed by atoms with Crippen LogP contribution in [-0.4, -0.2) is 47.1 Å². The summed E-state index contributed by atoms with van der Waals surface area (Å²) in [6, 6.07) is 10.1. The summed E-state index contributed by atoms with van der Waals surface area (Å²) in [5.74, 6) is -0.932. The van der Waals surface area contributed by atoms with E-state index in [2.05, 4.69) is 29.6 Å². The Hall–Kier alpha value is -1.88. The van der Waals surface area contributed by atoms with Crippen LogP contribution < -0.4 is 5.32 Å². The van der Waals surface area contributed by atoms with E-state index < -0.39 is 12.0 Å². The fourth-order valence-corrected chi connectivity index (χ4v) is 4.03. The van der Waals surface area contributed by atoms with Crippen molar-refractivity contribution < 1.29 is 14.7 Å². The van der Waals surface area contributed by atoms with Gasteiger partial charge in [-0.25, -0.2) is 0 Å². The lowest BCUT2D eigenvalue weighted by atomic mass is 9.79. The molecule has 0 bridgehead atoms. The van der Waals surface area contributed by atoms with E-state index in [4.69, 9.17) is 0 Å². The maximum absolute atomic E-state index is 12.5. The minimum absolute atomic E-state index is 0.0275. The van der Waals surface area contributed by atoms with Crippen LogP contribution in [0.15, 0.2) is 30.3 Å². The van der Waals surface area contributed by atoms with Crippen molar-refractivity contribution >= 4 is 11.9 Å². The lowest BCUT2D eigenvalue weighted by Crippen LogP contribution is -2.48. The van der Waals surface area contributed by atoms with Gasteiger partial charge in [-0.1, -0.05) is 43.2 Å². The van der Waals surface area contributed by atoms with Crippen LogP contribution in [0, 0.1) is 0 Å². The second-order valence-corrected chi connectivity index (χ2v) is 7.55. The van der Waals surface area contributed by atoms with Crippen molar-refractivity contribution in [3.05, 3.63) is 35.9 Å². The molecule has 0 aliphatic heterocycles. The molecular weight excluding hydrogens is 316 g/mol. The first-order valence-corrected chi connectivity index (χ1v) is 9.33. The molecule has 2 saturated carbocycles. The molecule has 0 radical (unpaired) electrons. The lowest BCUT2D eigenvalue weighted by molar-refractivity contribution is -0.143. The maximum atomic E-state index is 12.5. The SMILES string of the molecule is CC(C(=O)O)N(CC(=O)NCC1(c2ccccc2)CCCC1)C1CC1. The predicted molar refractivity (Wildman–Crippen MR) is 96.4 cm³/mol. The van der Waals surface area contributed by atoms with E-state index in [-0.39, 0.29) is 23.9 Å². The van der Waals surface area contributed by atoms with Crippen molar-refractivity contribution in [3.8, 4) is 0 Å². The summed E-state index contributed by atoms with van der Waals surface area (Å²) < 4.78 is 0. The van der Waals surface area contributed by atoms with Crippen LogP contribution >= 0.6 is 0 Å². The summed E-state index contributed by atoms with van der Waals surface area (Å²) in [7, 11) is 0. The van der Waals surface area contributed by atoms with Crippen LogP contribution in [-0.2, 0) is 15.0 Å². The molecule has 2 aliphatic carbocycles. The van der Waals surface area contributed by atoms with Gasteiger partial charge in [0.2, 0.25) is 5.91 Å². The van der Waals surface area contributed by atoms with E-state index in [1.54, 1.807) is 6.92 Å². The van der Waals surface area contributed by atoms with Gasteiger partial charge in [-0.05, 0) is 38.2 Å². The van der Waals surface area contributed by atoms with E-state index in [9.17, 15) is 14.7 Å². The van der Waals surface area contributed by atoms with E-state index in [1.807, 2.05) is 11.0 Å². The number of carbonyl (C=O) groups excluding carboxylic acids is 1. The fraction of sp³-hybridized carbons (Fsp3) is 0.600. The number of nitrogens with one attached hydrogen (secondary N) is 1. The molecule has 0 aromatic heterocycles. The van der Waals surface area contributed by atoms with Crippen LogP contribution in [0.1, 0.15) is 51.0 Å². The zero-order valence-electron chi connectivity index (χ0n) is 14.9. The van der Waals surface area contributed by atoms with Crippen LogP contribution in [0.4, 0.5) is 0 Å². The first-order valence-electron chi connectivity index (χ1n) is 9.33. The minimum Gasteiger partial charge on any atom is -0.480 e. The van der Waals surface area contributed by atoms with Crippen LogP contribution in [0.3, 0.4) is 0 Å². The third kappa shape index (κ3) is 4.21. The summed E-state index contributed by atoms with van der Waals surface area (Å²) in [4.78, 5) is 25.6. The molecule has 1 aromatic rings. The summed E-state index contributed by atoms with van der Waals surface area (Å²) in [6.07, 6.45) is 6.53. The minimum atomic E-state index is -0.865. The van der Waals surface area contributed by atoms with Crippen LogP contribution in [0.2, 0.25) is 0 Å². The highest BCUT2D eigenvalue weighted by atomic mass is 16.4. The number of hydrogen-bond acceptors (Lipinski definition) is 3. The molecule has 2 N–H and O–H groups in total. The van der Waals surface area contributed by atoms with Gasteiger partial charge < -0.3 is 10.4 Å². The topological polar surface area (TPSA) is 69.6 Å². The van der Waals surface area contributed by atoms with Gasteiger partial charge in [-0.3, -0.25) is 14.5 Å². The molecule has 25 heavy (non-hydrogen) atoms. The standard InChI is InChI=1S/C20H28N2O3/c1-15(19(24)25)22(17-9-10-17)13-18(23)21-14-20(11-5-6-12-20)16-7-3-2-4-8-16/h2-4,7-8,15,17H,5-6,9-14H2,1H3,(H,21,23)(H,24,25). The Morgan fingerprint density at radius 3 is 2.44 bits per heavy atom. The number of amides is 1. The maximum Gasteiger partial charge on any atom is 0.320 e. The Labute approximate surface area is 149 Å². The number of carboxylic acids is 1. The molecule has 2 fully saturated rings. The highest BCUT2D eigenvalue weighted by Gasteiger charge is 2.38. The van der Waals surface area contributed by atoms with Gasteiger partial charge in [-0.2, -0.15) is 0 Å². The number of benzene rings is 1. The number of nitrogens with zero attached hydrogens (tertiary/aromatic N) is 1. The summed E-state index contributed by atoms with van der Waals surface area (Å²) in [5, 5.41) is 12.4. The fourth-order valence-electron chi connectivity index (χ4n) is 4.03. The smallest absolute Gasteiger partial charge is 0.320 e.